The van der Waals surface area contributed by atoms with Crippen molar-refractivity contribution in [3.05, 3.63) is 30.1 Å². The first-order valence-corrected chi connectivity index (χ1v) is 9.07. The second-order valence-electron chi connectivity index (χ2n) is 5.87. The number of halogens is 1. The van der Waals surface area contributed by atoms with Crippen molar-refractivity contribution in [1.82, 2.24) is 9.29 Å². The average Bonchev–Trinajstić information content (AvgIpc) is 2.44. The van der Waals surface area contributed by atoms with E-state index in [-0.39, 0.29) is 11.9 Å². The number of hydrogen-bond donors (Lipinski definition) is 0. The minimum absolute atomic E-state index is 0.0854. The van der Waals surface area contributed by atoms with E-state index in [2.05, 4.69) is 4.98 Å². The minimum atomic E-state index is -3.32. The number of rotatable bonds is 5. The Morgan fingerprint density at radius 2 is 2.10 bits per heavy atom. The van der Waals surface area contributed by atoms with Crippen molar-refractivity contribution in [1.29, 1.82) is 0 Å². The molecule has 7 heteroatoms. The summed E-state index contributed by atoms with van der Waals surface area (Å²) in [6, 6.07) is 3.67. The van der Waals surface area contributed by atoms with Gasteiger partial charge in [0.2, 0.25) is 10.0 Å². The van der Waals surface area contributed by atoms with E-state index in [9.17, 15) is 8.42 Å². The molecule has 0 aliphatic carbocycles. The Labute approximate surface area is 131 Å². The Balaban J connectivity index is 2.04. The lowest BCUT2D eigenvalue weighted by Crippen LogP contribution is -2.55. The van der Waals surface area contributed by atoms with Crippen molar-refractivity contribution >= 4 is 21.6 Å². The molecule has 0 aromatic carbocycles. The molecule has 118 valence electrons. The number of hydrogen-bond acceptors (Lipinski definition) is 4. The number of aryl methyl sites for hydroxylation is 1. The normalized spacial score (nSPS) is 23.1. The predicted molar refractivity (Wildman–Crippen MR) is 83.0 cm³/mol. The van der Waals surface area contributed by atoms with Crippen molar-refractivity contribution in [2.45, 2.75) is 32.0 Å². The molecule has 1 atom stereocenters. The van der Waals surface area contributed by atoms with E-state index in [0.29, 0.717) is 25.4 Å². The standard InChI is InChI=1S/C14H21ClN2O3S/c1-14(2)11-17(10-13(9-15)20-14)21(18,19)8-5-12-3-6-16-7-4-12/h3-4,6-7,13H,5,8-11H2,1-2H3. The highest BCUT2D eigenvalue weighted by Crippen LogP contribution is 2.24. The maximum atomic E-state index is 12.5. The molecule has 1 aromatic rings. The van der Waals surface area contributed by atoms with Crippen LogP contribution in [0.2, 0.25) is 0 Å². The fourth-order valence-electron chi connectivity index (χ4n) is 2.46. The number of sulfonamides is 1. The summed E-state index contributed by atoms with van der Waals surface area (Å²) in [4.78, 5) is 3.93. The van der Waals surface area contributed by atoms with Crippen LogP contribution in [0.3, 0.4) is 0 Å². The molecule has 5 nitrogen and oxygen atoms in total. The zero-order valence-electron chi connectivity index (χ0n) is 12.3. The Bertz CT molecular complexity index is 563. The van der Waals surface area contributed by atoms with Crippen LogP contribution in [0.15, 0.2) is 24.5 Å². The number of nitrogens with zero attached hydrogens (tertiary/aromatic N) is 2. The second kappa shape index (κ2) is 6.60. The summed E-state index contributed by atoms with van der Waals surface area (Å²) >= 11 is 5.84. The second-order valence-corrected chi connectivity index (χ2v) is 8.26. The minimum Gasteiger partial charge on any atom is -0.368 e. The van der Waals surface area contributed by atoms with Gasteiger partial charge in [-0.05, 0) is 38.0 Å². The molecule has 0 saturated carbocycles. The molecular formula is C14H21ClN2O3S. The van der Waals surface area contributed by atoms with Gasteiger partial charge in [-0.3, -0.25) is 4.98 Å². The topological polar surface area (TPSA) is 59.5 Å². The van der Waals surface area contributed by atoms with E-state index in [4.69, 9.17) is 16.3 Å². The Morgan fingerprint density at radius 1 is 1.43 bits per heavy atom. The first-order chi connectivity index (χ1) is 9.82. The summed E-state index contributed by atoms with van der Waals surface area (Å²) in [6.45, 7) is 4.46. The molecule has 1 aliphatic heterocycles. The van der Waals surface area contributed by atoms with Crippen LogP contribution < -0.4 is 0 Å². The van der Waals surface area contributed by atoms with Gasteiger partial charge >= 0.3 is 0 Å². The van der Waals surface area contributed by atoms with E-state index >= 15 is 0 Å². The first-order valence-electron chi connectivity index (χ1n) is 6.93. The smallest absolute Gasteiger partial charge is 0.214 e. The van der Waals surface area contributed by atoms with E-state index < -0.39 is 15.6 Å². The Hall–Kier alpha value is -0.690. The average molecular weight is 333 g/mol. The molecule has 2 rings (SSSR count). The molecule has 0 amide bonds. The molecule has 1 unspecified atom stereocenters. The van der Waals surface area contributed by atoms with Gasteiger partial charge in [-0.15, -0.1) is 11.6 Å². The molecule has 1 fully saturated rings. The lowest BCUT2D eigenvalue weighted by Gasteiger charge is -2.41. The van der Waals surface area contributed by atoms with E-state index in [1.54, 1.807) is 12.4 Å². The van der Waals surface area contributed by atoms with Gasteiger partial charge in [0, 0.05) is 31.4 Å². The van der Waals surface area contributed by atoms with E-state index in [1.807, 2.05) is 26.0 Å². The number of pyridine rings is 1. The summed E-state index contributed by atoms with van der Waals surface area (Å²) in [5.41, 5.74) is 0.455. The predicted octanol–water partition coefficient (Wildman–Crippen LogP) is 1.67. The first kappa shape index (κ1) is 16.7. The van der Waals surface area contributed by atoms with Gasteiger partial charge in [-0.1, -0.05) is 0 Å². The van der Waals surface area contributed by atoms with Gasteiger partial charge < -0.3 is 4.74 Å². The van der Waals surface area contributed by atoms with Crippen LogP contribution >= 0.6 is 11.6 Å². The van der Waals surface area contributed by atoms with Crippen LogP contribution in [0.25, 0.3) is 0 Å². The number of aromatic nitrogens is 1. The number of morpholine rings is 1. The van der Waals surface area contributed by atoms with Gasteiger partial charge in [0.1, 0.15) is 0 Å². The molecule has 0 spiro atoms. The third-order valence-corrected chi connectivity index (χ3v) is 5.54. The fourth-order valence-corrected chi connectivity index (χ4v) is 4.27. The van der Waals surface area contributed by atoms with Gasteiger partial charge in [0.05, 0.1) is 17.5 Å². The molecule has 1 aliphatic rings. The lowest BCUT2D eigenvalue weighted by molar-refractivity contribution is -0.107. The molecule has 0 N–H and O–H groups in total. The molecular weight excluding hydrogens is 312 g/mol. The van der Waals surface area contributed by atoms with Crippen molar-refractivity contribution in [2.75, 3.05) is 24.7 Å². The SMILES string of the molecule is CC1(C)CN(S(=O)(=O)CCc2ccncc2)CC(CCl)O1. The highest BCUT2D eigenvalue weighted by molar-refractivity contribution is 7.89. The summed E-state index contributed by atoms with van der Waals surface area (Å²) in [7, 11) is -3.32. The van der Waals surface area contributed by atoms with Crippen molar-refractivity contribution in [3.8, 4) is 0 Å². The zero-order chi connectivity index (χ0) is 15.5. The molecule has 1 aromatic heterocycles. The summed E-state index contributed by atoms with van der Waals surface area (Å²) in [6.07, 6.45) is 3.56. The maximum absolute atomic E-state index is 12.5. The van der Waals surface area contributed by atoms with Gasteiger partial charge in [-0.25, -0.2) is 8.42 Å². The van der Waals surface area contributed by atoms with Crippen molar-refractivity contribution in [3.63, 3.8) is 0 Å². The summed E-state index contributed by atoms with van der Waals surface area (Å²) in [5, 5.41) is 0. The monoisotopic (exact) mass is 332 g/mol. The summed E-state index contributed by atoms with van der Waals surface area (Å²) < 4.78 is 32.3. The zero-order valence-corrected chi connectivity index (χ0v) is 13.9. The van der Waals surface area contributed by atoms with Crippen LogP contribution in [0.4, 0.5) is 0 Å². The van der Waals surface area contributed by atoms with Gasteiger partial charge in [0.15, 0.2) is 0 Å². The van der Waals surface area contributed by atoms with Crippen LogP contribution in [0, 0.1) is 0 Å². The van der Waals surface area contributed by atoms with Crippen LogP contribution in [-0.2, 0) is 21.2 Å². The molecule has 2 heterocycles. The lowest BCUT2D eigenvalue weighted by atomic mass is 10.1. The third kappa shape index (κ3) is 4.64. The molecule has 0 radical (unpaired) electrons. The highest BCUT2D eigenvalue weighted by atomic mass is 35.5. The van der Waals surface area contributed by atoms with Gasteiger partial charge in [-0.2, -0.15) is 4.31 Å². The Morgan fingerprint density at radius 3 is 2.71 bits per heavy atom. The highest BCUT2D eigenvalue weighted by Gasteiger charge is 2.38. The van der Waals surface area contributed by atoms with Crippen molar-refractivity contribution in [2.24, 2.45) is 0 Å². The summed E-state index contributed by atoms with van der Waals surface area (Å²) in [5.74, 6) is 0.377. The van der Waals surface area contributed by atoms with Crippen LogP contribution in [-0.4, -0.2) is 54.1 Å². The maximum Gasteiger partial charge on any atom is 0.214 e. The fraction of sp³-hybridized carbons (Fsp3) is 0.643. The number of ether oxygens (including phenoxy) is 1. The molecule has 1 saturated heterocycles. The molecule has 21 heavy (non-hydrogen) atoms. The number of alkyl halides is 1. The van der Waals surface area contributed by atoms with Gasteiger partial charge in [0.25, 0.3) is 0 Å². The molecule has 0 bridgehead atoms. The van der Waals surface area contributed by atoms with E-state index in [1.165, 1.54) is 4.31 Å². The van der Waals surface area contributed by atoms with E-state index in [0.717, 1.165) is 5.56 Å². The quantitative estimate of drug-likeness (QED) is 0.770. The van der Waals surface area contributed by atoms with Crippen LogP contribution in [0.5, 0.6) is 0 Å². The Kier molecular flexibility index (Phi) is 5.24. The van der Waals surface area contributed by atoms with Crippen LogP contribution in [0.1, 0.15) is 19.4 Å². The largest absolute Gasteiger partial charge is 0.368 e. The van der Waals surface area contributed by atoms with Crippen molar-refractivity contribution < 1.29 is 13.2 Å². The third-order valence-electron chi connectivity index (χ3n) is 3.41.